The fourth-order valence-electron chi connectivity index (χ4n) is 4.28. The summed E-state index contributed by atoms with van der Waals surface area (Å²) in [7, 11) is 0. The van der Waals surface area contributed by atoms with Crippen molar-refractivity contribution in [2.45, 2.75) is 65.0 Å². The van der Waals surface area contributed by atoms with Gasteiger partial charge in [-0.25, -0.2) is 8.78 Å². The predicted octanol–water partition coefficient (Wildman–Crippen LogP) is 0.843. The molecule has 0 radical (unpaired) electrons. The molecule has 0 bridgehead atoms. The van der Waals surface area contributed by atoms with Crippen LogP contribution in [0.25, 0.3) is 0 Å². The van der Waals surface area contributed by atoms with Crippen LogP contribution in [0, 0.1) is 11.6 Å². The van der Waals surface area contributed by atoms with Crippen molar-refractivity contribution in [2.24, 2.45) is 0 Å². The van der Waals surface area contributed by atoms with Gasteiger partial charge in [-0.3, -0.25) is 9.80 Å². The number of piperazine rings is 2. The molecule has 184 valence electrons. The standard InChI is InChI=1S/2C13H19FN2.Na.H2O/c2*1-10-8-16(11(2)7-15-10)9-12-3-5-13(14)6-4-12;;/h2*3-6,10-11,15H,7-9H2,1-2H3;;1H2/q;;+1;/p-1/t2*10-,11+;;/m11../s1. The van der Waals surface area contributed by atoms with Crippen molar-refractivity contribution in [3.05, 3.63) is 71.3 Å². The molecule has 3 N–H and O–H groups in total. The second kappa shape index (κ2) is 15.3. The zero-order valence-electron chi connectivity index (χ0n) is 21.3. The summed E-state index contributed by atoms with van der Waals surface area (Å²) < 4.78 is 25.6. The summed E-state index contributed by atoms with van der Waals surface area (Å²) in [5, 5.41) is 6.91. The summed E-state index contributed by atoms with van der Waals surface area (Å²) in [5.41, 5.74) is 2.37. The molecule has 0 amide bonds. The van der Waals surface area contributed by atoms with Crippen molar-refractivity contribution in [1.29, 1.82) is 0 Å². The average Bonchev–Trinajstić information content (AvgIpc) is 2.77. The Kier molecular flexibility index (Phi) is 14.0. The molecule has 8 heteroatoms. The number of benzene rings is 2. The fourth-order valence-corrected chi connectivity index (χ4v) is 4.28. The van der Waals surface area contributed by atoms with Gasteiger partial charge in [0.05, 0.1) is 0 Å². The number of rotatable bonds is 4. The van der Waals surface area contributed by atoms with Gasteiger partial charge in [0.2, 0.25) is 0 Å². The van der Waals surface area contributed by atoms with Crippen LogP contribution in [0.5, 0.6) is 0 Å². The summed E-state index contributed by atoms with van der Waals surface area (Å²) in [6.45, 7) is 14.8. The summed E-state index contributed by atoms with van der Waals surface area (Å²) in [6, 6.07) is 15.8. The van der Waals surface area contributed by atoms with Crippen molar-refractivity contribution >= 4 is 0 Å². The monoisotopic (exact) mass is 484 g/mol. The van der Waals surface area contributed by atoms with Crippen molar-refractivity contribution in [1.82, 2.24) is 20.4 Å². The number of hydrogen-bond acceptors (Lipinski definition) is 5. The molecule has 0 spiro atoms. The fraction of sp³-hybridized carbons (Fsp3) is 0.538. The van der Waals surface area contributed by atoms with E-state index in [0.717, 1.165) is 39.3 Å². The van der Waals surface area contributed by atoms with Crippen LogP contribution < -0.4 is 40.2 Å². The average molecular weight is 485 g/mol. The third kappa shape index (κ3) is 9.99. The van der Waals surface area contributed by atoms with Crippen molar-refractivity contribution < 1.29 is 43.8 Å². The molecule has 2 heterocycles. The van der Waals surface area contributed by atoms with Crippen LogP contribution in [0.1, 0.15) is 38.8 Å². The molecule has 2 aliphatic heterocycles. The van der Waals surface area contributed by atoms with E-state index >= 15 is 0 Å². The zero-order chi connectivity index (χ0) is 23.1. The minimum atomic E-state index is -0.162. The molecular weight excluding hydrogens is 445 g/mol. The third-order valence-electron chi connectivity index (χ3n) is 6.38. The first-order valence-electron chi connectivity index (χ1n) is 11.7. The van der Waals surface area contributed by atoms with Crippen LogP contribution >= 0.6 is 0 Å². The maximum Gasteiger partial charge on any atom is 1.00 e. The van der Waals surface area contributed by atoms with Gasteiger partial charge in [0.25, 0.3) is 0 Å². The maximum atomic E-state index is 12.8. The van der Waals surface area contributed by atoms with E-state index in [1.807, 2.05) is 24.3 Å². The Labute approximate surface area is 225 Å². The quantitative estimate of drug-likeness (QED) is 0.630. The summed E-state index contributed by atoms with van der Waals surface area (Å²) >= 11 is 0. The van der Waals surface area contributed by atoms with Gasteiger partial charge in [-0.1, -0.05) is 24.3 Å². The second-order valence-electron chi connectivity index (χ2n) is 9.43. The largest absolute Gasteiger partial charge is 1.00 e. The van der Waals surface area contributed by atoms with E-state index in [-0.39, 0.29) is 46.7 Å². The Morgan fingerprint density at radius 1 is 0.676 bits per heavy atom. The first-order chi connectivity index (χ1) is 15.3. The van der Waals surface area contributed by atoms with Gasteiger partial charge in [0.1, 0.15) is 11.6 Å². The van der Waals surface area contributed by atoms with E-state index < -0.39 is 0 Å². The molecule has 2 aromatic carbocycles. The molecule has 34 heavy (non-hydrogen) atoms. The van der Waals surface area contributed by atoms with E-state index in [4.69, 9.17) is 0 Å². The number of hydrogen-bond donors (Lipinski definition) is 2. The first-order valence-corrected chi connectivity index (χ1v) is 11.7. The minimum Gasteiger partial charge on any atom is -0.870 e. The van der Waals surface area contributed by atoms with Gasteiger partial charge in [-0.05, 0) is 63.1 Å². The Hall–Kier alpha value is -0.900. The molecule has 2 aliphatic rings. The smallest absolute Gasteiger partial charge is 0.870 e. The summed E-state index contributed by atoms with van der Waals surface area (Å²) in [5.74, 6) is -0.323. The predicted molar refractivity (Wildman–Crippen MR) is 129 cm³/mol. The normalized spacial score (nSPS) is 25.4. The van der Waals surface area contributed by atoms with E-state index in [9.17, 15) is 8.78 Å². The van der Waals surface area contributed by atoms with Gasteiger partial charge < -0.3 is 16.1 Å². The summed E-state index contributed by atoms with van der Waals surface area (Å²) in [4.78, 5) is 4.88. The molecular formula is C26H39F2N4NaO. The van der Waals surface area contributed by atoms with Gasteiger partial charge in [-0.2, -0.15) is 0 Å². The van der Waals surface area contributed by atoms with E-state index in [0.29, 0.717) is 24.2 Å². The molecule has 2 aromatic rings. The van der Waals surface area contributed by atoms with Crippen LogP contribution in [0.3, 0.4) is 0 Å². The molecule has 0 saturated carbocycles. The molecule has 4 atom stereocenters. The summed E-state index contributed by atoms with van der Waals surface area (Å²) in [6.07, 6.45) is 0. The molecule has 2 saturated heterocycles. The van der Waals surface area contributed by atoms with E-state index in [1.54, 1.807) is 0 Å². The third-order valence-corrected chi connectivity index (χ3v) is 6.38. The molecule has 0 aliphatic carbocycles. The van der Waals surface area contributed by atoms with Crippen LogP contribution in [0.4, 0.5) is 8.78 Å². The van der Waals surface area contributed by atoms with Crippen molar-refractivity contribution in [3.63, 3.8) is 0 Å². The molecule has 0 aromatic heterocycles. The van der Waals surface area contributed by atoms with Crippen LogP contribution in [0.2, 0.25) is 0 Å². The minimum absolute atomic E-state index is 0. The van der Waals surface area contributed by atoms with Crippen LogP contribution in [-0.2, 0) is 13.1 Å². The second-order valence-corrected chi connectivity index (χ2v) is 9.43. The van der Waals surface area contributed by atoms with E-state index in [1.165, 1.54) is 35.4 Å². The van der Waals surface area contributed by atoms with Gasteiger partial charge >= 0.3 is 29.6 Å². The number of halogens is 2. The van der Waals surface area contributed by atoms with Crippen molar-refractivity contribution in [3.8, 4) is 0 Å². The van der Waals surface area contributed by atoms with Crippen LogP contribution in [-0.4, -0.2) is 65.6 Å². The van der Waals surface area contributed by atoms with Crippen molar-refractivity contribution in [2.75, 3.05) is 26.2 Å². The molecule has 5 nitrogen and oxygen atoms in total. The van der Waals surface area contributed by atoms with Gasteiger partial charge in [-0.15, -0.1) is 0 Å². The molecule has 2 fully saturated rings. The SMILES string of the molecule is C[C@@H]1CN(Cc2ccc(F)cc2)[C@@H](C)CN1.C[C@@H]1CN(Cc2ccc(F)cc2)[C@@H](C)CN1.[Na+].[OH-]. The van der Waals surface area contributed by atoms with Crippen LogP contribution in [0.15, 0.2) is 48.5 Å². The van der Waals surface area contributed by atoms with Gasteiger partial charge in [0, 0.05) is 63.4 Å². The van der Waals surface area contributed by atoms with E-state index in [2.05, 4.69) is 48.1 Å². The Morgan fingerprint density at radius 3 is 1.32 bits per heavy atom. The topological polar surface area (TPSA) is 60.5 Å². The maximum absolute atomic E-state index is 12.8. The number of nitrogens with zero attached hydrogens (tertiary/aromatic N) is 2. The Bertz CT molecular complexity index is 755. The molecule has 0 unspecified atom stereocenters. The molecule has 4 rings (SSSR count). The number of nitrogens with one attached hydrogen (secondary N) is 2. The first kappa shape index (κ1) is 31.1. The Balaban J connectivity index is 0.000000321. The zero-order valence-corrected chi connectivity index (χ0v) is 23.3. The van der Waals surface area contributed by atoms with Gasteiger partial charge in [0.15, 0.2) is 0 Å². The Morgan fingerprint density at radius 2 is 1.00 bits per heavy atom.